The third-order valence-corrected chi connectivity index (χ3v) is 6.38. The molecule has 0 spiro atoms. The molecule has 1 atom stereocenters. The van der Waals surface area contributed by atoms with Gasteiger partial charge in [-0.3, -0.25) is 14.5 Å². The van der Waals surface area contributed by atoms with Crippen LogP contribution in [0.4, 0.5) is 0 Å². The van der Waals surface area contributed by atoms with E-state index in [1.165, 1.54) is 5.56 Å². The largest absolute Gasteiger partial charge is 0.467 e. The van der Waals surface area contributed by atoms with Gasteiger partial charge in [0.1, 0.15) is 11.8 Å². The Morgan fingerprint density at radius 2 is 1.87 bits per heavy atom. The normalized spacial score (nSPS) is 20.0. The molecule has 2 amide bonds. The van der Waals surface area contributed by atoms with Gasteiger partial charge in [0.2, 0.25) is 5.91 Å². The first-order valence-electron chi connectivity index (χ1n) is 10.9. The summed E-state index contributed by atoms with van der Waals surface area (Å²) in [7, 11) is 1.85. The van der Waals surface area contributed by atoms with Gasteiger partial charge in [0.15, 0.2) is 0 Å². The second-order valence-electron chi connectivity index (χ2n) is 8.52. The van der Waals surface area contributed by atoms with Crippen molar-refractivity contribution in [1.82, 2.24) is 14.8 Å². The minimum atomic E-state index is -0.222. The Bertz CT molecular complexity index is 944. The summed E-state index contributed by atoms with van der Waals surface area (Å²) in [4.78, 5) is 28.8. The van der Waals surface area contributed by atoms with Crippen molar-refractivity contribution in [3.05, 3.63) is 59.5 Å². The number of nitrogens with zero attached hydrogens (tertiary/aromatic N) is 4. The molecule has 31 heavy (non-hydrogen) atoms. The summed E-state index contributed by atoms with van der Waals surface area (Å²) in [5, 5.41) is 6.32. The first-order valence-corrected chi connectivity index (χ1v) is 10.9. The second-order valence-corrected chi connectivity index (χ2v) is 8.52. The van der Waals surface area contributed by atoms with Gasteiger partial charge in [-0.25, -0.2) is 5.01 Å². The van der Waals surface area contributed by atoms with E-state index in [1.54, 1.807) is 18.2 Å². The molecule has 2 aliphatic heterocycles. The summed E-state index contributed by atoms with van der Waals surface area (Å²) in [6.45, 7) is 5.56. The maximum atomic E-state index is 13.2. The highest BCUT2D eigenvalue weighted by molar-refractivity contribution is 6.03. The van der Waals surface area contributed by atoms with Crippen molar-refractivity contribution in [2.75, 3.05) is 26.7 Å². The van der Waals surface area contributed by atoms with Crippen LogP contribution in [-0.4, -0.2) is 65.1 Å². The molecule has 2 aromatic rings. The van der Waals surface area contributed by atoms with Gasteiger partial charge in [0, 0.05) is 39.5 Å². The molecule has 4 rings (SSSR count). The number of aryl methyl sites for hydroxylation is 1. The van der Waals surface area contributed by atoms with Crippen molar-refractivity contribution in [3.8, 4) is 0 Å². The number of hydrogen-bond donors (Lipinski definition) is 0. The van der Waals surface area contributed by atoms with Crippen LogP contribution in [0.15, 0.2) is 52.2 Å². The maximum absolute atomic E-state index is 13.2. The summed E-state index contributed by atoms with van der Waals surface area (Å²) in [5.41, 5.74) is 3.12. The Kier molecular flexibility index (Phi) is 6.23. The molecule has 1 fully saturated rings. The zero-order chi connectivity index (χ0) is 22.0. The third-order valence-electron chi connectivity index (χ3n) is 6.38. The maximum Gasteiger partial charge on any atom is 0.257 e. The molecule has 1 unspecified atom stereocenters. The van der Waals surface area contributed by atoms with Crippen molar-refractivity contribution < 1.29 is 14.0 Å². The van der Waals surface area contributed by atoms with Crippen LogP contribution in [-0.2, 0) is 9.59 Å². The van der Waals surface area contributed by atoms with Crippen LogP contribution < -0.4 is 0 Å². The first-order chi connectivity index (χ1) is 14.9. The predicted molar refractivity (Wildman–Crippen MR) is 119 cm³/mol. The number of carbonyl (C=O) groups is 2. The Balaban J connectivity index is 1.45. The highest BCUT2D eigenvalue weighted by Gasteiger charge is 2.36. The molecule has 1 aromatic heterocycles. The molecule has 1 saturated heterocycles. The number of rotatable bonds is 5. The average Bonchev–Trinajstić information content (AvgIpc) is 3.44. The summed E-state index contributed by atoms with van der Waals surface area (Å²) >= 11 is 0. The van der Waals surface area contributed by atoms with Crippen LogP contribution in [0.2, 0.25) is 0 Å². The number of hydrogen-bond acceptors (Lipinski definition) is 5. The SMILES string of the molecule is CC(=O)N(C)C1CCN(CC(=O)N2N=C(c3ccc(C)cc3)CC2c2ccco2)CC1. The molecular formula is C24H30N4O3. The molecule has 0 radical (unpaired) electrons. The first kappa shape index (κ1) is 21.3. The van der Waals surface area contributed by atoms with Crippen molar-refractivity contribution in [3.63, 3.8) is 0 Å². The van der Waals surface area contributed by atoms with E-state index >= 15 is 0 Å². The summed E-state index contributed by atoms with van der Waals surface area (Å²) in [6.07, 6.45) is 4.03. The summed E-state index contributed by atoms with van der Waals surface area (Å²) < 4.78 is 5.64. The van der Waals surface area contributed by atoms with Gasteiger partial charge in [0.25, 0.3) is 5.91 Å². The second kappa shape index (κ2) is 9.06. The van der Waals surface area contributed by atoms with Crippen LogP contribution in [0, 0.1) is 6.92 Å². The van der Waals surface area contributed by atoms with Crippen LogP contribution in [0.5, 0.6) is 0 Å². The topological polar surface area (TPSA) is 69.4 Å². The van der Waals surface area contributed by atoms with Crippen LogP contribution in [0.3, 0.4) is 0 Å². The molecule has 164 valence electrons. The van der Waals surface area contributed by atoms with E-state index in [0.717, 1.165) is 43.0 Å². The van der Waals surface area contributed by atoms with Gasteiger partial charge < -0.3 is 9.32 Å². The highest BCUT2D eigenvalue weighted by Crippen LogP contribution is 2.33. The van der Waals surface area contributed by atoms with E-state index in [2.05, 4.69) is 36.1 Å². The molecular weight excluding hydrogens is 392 g/mol. The number of furan rings is 1. The lowest BCUT2D eigenvalue weighted by Gasteiger charge is -2.36. The van der Waals surface area contributed by atoms with Gasteiger partial charge in [0.05, 0.1) is 18.5 Å². The molecule has 0 aliphatic carbocycles. The van der Waals surface area contributed by atoms with E-state index in [0.29, 0.717) is 13.0 Å². The Morgan fingerprint density at radius 3 is 2.48 bits per heavy atom. The third kappa shape index (κ3) is 4.71. The molecule has 0 bridgehead atoms. The molecule has 0 N–H and O–H groups in total. The van der Waals surface area contributed by atoms with Crippen molar-refractivity contribution in [1.29, 1.82) is 0 Å². The van der Waals surface area contributed by atoms with Gasteiger partial charge in [-0.15, -0.1) is 0 Å². The van der Waals surface area contributed by atoms with E-state index < -0.39 is 0 Å². The van der Waals surface area contributed by atoms with E-state index in [1.807, 2.05) is 24.1 Å². The van der Waals surface area contributed by atoms with Crippen LogP contribution >= 0.6 is 0 Å². The number of piperidine rings is 1. The molecule has 3 heterocycles. The number of likely N-dealkylation sites (tertiary alicyclic amines) is 1. The fourth-order valence-corrected chi connectivity index (χ4v) is 4.35. The van der Waals surface area contributed by atoms with Gasteiger partial charge in [-0.2, -0.15) is 5.10 Å². The molecule has 0 saturated carbocycles. The minimum Gasteiger partial charge on any atom is -0.467 e. The fourth-order valence-electron chi connectivity index (χ4n) is 4.35. The van der Waals surface area contributed by atoms with Crippen LogP contribution in [0.25, 0.3) is 0 Å². The molecule has 1 aromatic carbocycles. The van der Waals surface area contributed by atoms with Crippen molar-refractivity contribution in [2.24, 2.45) is 5.10 Å². The zero-order valence-electron chi connectivity index (χ0n) is 18.5. The summed E-state index contributed by atoms with van der Waals surface area (Å²) in [5.74, 6) is 0.814. The minimum absolute atomic E-state index is 0.0260. The standard InChI is InChI=1S/C24H30N4O3/c1-17-6-8-19(9-7-17)21-15-22(23-5-4-14-31-23)28(25-21)24(30)16-27-12-10-20(11-13-27)26(3)18(2)29/h4-9,14,20,22H,10-13,15-16H2,1-3H3. The lowest BCUT2D eigenvalue weighted by atomic mass is 10.0. The van der Waals surface area contributed by atoms with Crippen LogP contribution in [0.1, 0.15) is 49.1 Å². The average molecular weight is 423 g/mol. The summed E-state index contributed by atoms with van der Waals surface area (Å²) in [6, 6.07) is 12.0. The van der Waals surface area contributed by atoms with Crippen molar-refractivity contribution >= 4 is 17.5 Å². The van der Waals surface area contributed by atoms with E-state index in [4.69, 9.17) is 9.52 Å². The number of benzene rings is 1. The van der Waals surface area contributed by atoms with Gasteiger partial charge in [-0.1, -0.05) is 29.8 Å². The molecule has 2 aliphatic rings. The lowest BCUT2D eigenvalue weighted by Crippen LogP contribution is -2.47. The highest BCUT2D eigenvalue weighted by atomic mass is 16.3. The van der Waals surface area contributed by atoms with Gasteiger partial charge >= 0.3 is 0 Å². The Labute approximate surface area is 183 Å². The van der Waals surface area contributed by atoms with E-state index in [9.17, 15) is 9.59 Å². The zero-order valence-corrected chi connectivity index (χ0v) is 18.5. The Hall–Kier alpha value is -2.93. The van der Waals surface area contributed by atoms with Crippen molar-refractivity contribution in [2.45, 2.75) is 45.2 Å². The lowest BCUT2D eigenvalue weighted by molar-refractivity contribution is -0.136. The smallest absolute Gasteiger partial charge is 0.257 e. The predicted octanol–water partition coefficient (Wildman–Crippen LogP) is 3.21. The van der Waals surface area contributed by atoms with E-state index in [-0.39, 0.29) is 23.9 Å². The van der Waals surface area contributed by atoms with Gasteiger partial charge in [-0.05, 0) is 37.5 Å². The molecule has 7 heteroatoms. The number of amides is 2. The molecule has 7 nitrogen and oxygen atoms in total. The fraction of sp³-hybridized carbons (Fsp3) is 0.458. The monoisotopic (exact) mass is 422 g/mol. The Morgan fingerprint density at radius 1 is 1.16 bits per heavy atom. The quantitative estimate of drug-likeness (QED) is 0.742. The number of hydrazone groups is 1. The number of carbonyl (C=O) groups excluding carboxylic acids is 2.